The molecule has 1 N–H and O–H groups in total. The van der Waals surface area contributed by atoms with E-state index in [1.807, 2.05) is 49.7 Å². The third kappa shape index (κ3) is 3.51. The molecular formula is C25H27N9O. The van der Waals surface area contributed by atoms with Gasteiger partial charge in [-0.05, 0) is 52.0 Å². The lowest BCUT2D eigenvalue weighted by atomic mass is 9.65. The predicted molar refractivity (Wildman–Crippen MR) is 133 cm³/mol. The van der Waals surface area contributed by atoms with Crippen molar-refractivity contribution in [1.29, 1.82) is 5.26 Å². The van der Waals surface area contributed by atoms with Gasteiger partial charge in [-0.3, -0.25) is 0 Å². The molecule has 1 aliphatic rings. The van der Waals surface area contributed by atoms with Crippen molar-refractivity contribution in [2.45, 2.75) is 33.2 Å². The average Bonchev–Trinajstić information content (AvgIpc) is 3.28. The fourth-order valence-corrected chi connectivity index (χ4v) is 4.43. The van der Waals surface area contributed by atoms with Gasteiger partial charge in [0.05, 0.1) is 29.8 Å². The van der Waals surface area contributed by atoms with Crippen LogP contribution >= 0.6 is 0 Å². The number of benzene rings is 1. The maximum Gasteiger partial charge on any atom is 0.227 e. The van der Waals surface area contributed by atoms with Gasteiger partial charge in [0.15, 0.2) is 11.6 Å². The van der Waals surface area contributed by atoms with Crippen LogP contribution < -0.4 is 15.0 Å². The molecule has 1 unspecified atom stereocenters. The normalized spacial score (nSPS) is 18.7. The summed E-state index contributed by atoms with van der Waals surface area (Å²) in [5.41, 5.74) is 2.37. The third-order valence-corrected chi connectivity index (χ3v) is 7.09. The van der Waals surface area contributed by atoms with Crippen molar-refractivity contribution in [1.82, 2.24) is 29.7 Å². The van der Waals surface area contributed by atoms with Gasteiger partial charge >= 0.3 is 0 Å². The summed E-state index contributed by atoms with van der Waals surface area (Å²) in [6, 6.07) is 10.2. The van der Waals surface area contributed by atoms with Crippen molar-refractivity contribution in [3.8, 4) is 23.2 Å². The van der Waals surface area contributed by atoms with E-state index in [1.54, 1.807) is 19.6 Å². The zero-order chi connectivity index (χ0) is 25.0. The van der Waals surface area contributed by atoms with E-state index in [9.17, 15) is 5.26 Å². The molecule has 0 radical (unpaired) electrons. The van der Waals surface area contributed by atoms with Crippen LogP contribution in [0.2, 0.25) is 0 Å². The molecule has 10 heteroatoms. The Hall–Kier alpha value is -4.26. The summed E-state index contributed by atoms with van der Waals surface area (Å²) in [7, 11) is 3.51. The van der Waals surface area contributed by atoms with E-state index in [2.05, 4.69) is 45.3 Å². The fourth-order valence-electron chi connectivity index (χ4n) is 4.43. The highest BCUT2D eigenvalue weighted by molar-refractivity contribution is 5.90. The number of ether oxygens (including phenoxy) is 1. The molecule has 10 nitrogen and oxygen atoms in total. The summed E-state index contributed by atoms with van der Waals surface area (Å²) in [4.78, 5) is 16.3. The first-order valence-corrected chi connectivity index (χ1v) is 11.3. The minimum atomic E-state index is -0.462. The monoisotopic (exact) mass is 469 g/mol. The molecule has 1 saturated heterocycles. The average molecular weight is 470 g/mol. The number of hydrogen-bond donors (Lipinski definition) is 1. The van der Waals surface area contributed by atoms with Gasteiger partial charge in [-0.2, -0.15) is 5.26 Å². The molecule has 1 aliphatic heterocycles. The lowest BCUT2D eigenvalue weighted by molar-refractivity contribution is 0.139. The Kier molecular flexibility index (Phi) is 5.09. The molecule has 0 aliphatic carbocycles. The summed E-state index contributed by atoms with van der Waals surface area (Å²) < 4.78 is 7.47. The first-order valence-electron chi connectivity index (χ1n) is 11.3. The largest absolute Gasteiger partial charge is 0.495 e. The highest BCUT2D eigenvalue weighted by Gasteiger charge is 2.57. The number of pyridine rings is 1. The summed E-state index contributed by atoms with van der Waals surface area (Å²) >= 11 is 0. The molecule has 1 atom stereocenters. The highest BCUT2D eigenvalue weighted by atomic mass is 16.5. The Labute approximate surface area is 203 Å². The van der Waals surface area contributed by atoms with E-state index >= 15 is 0 Å². The van der Waals surface area contributed by atoms with Gasteiger partial charge in [-0.15, -0.1) is 10.2 Å². The minimum Gasteiger partial charge on any atom is -0.495 e. The molecular weight excluding hydrogens is 442 g/mol. The van der Waals surface area contributed by atoms with Gasteiger partial charge in [0.25, 0.3) is 0 Å². The van der Waals surface area contributed by atoms with Crippen LogP contribution in [-0.2, 0) is 7.05 Å². The second kappa shape index (κ2) is 7.91. The van der Waals surface area contributed by atoms with Crippen LogP contribution in [0.4, 0.5) is 17.5 Å². The summed E-state index contributed by atoms with van der Waals surface area (Å²) in [5, 5.41) is 22.0. The molecule has 5 rings (SSSR count). The number of fused-ring (bicyclic) bond motifs is 1. The quantitative estimate of drug-likeness (QED) is 0.462. The number of anilines is 3. The molecule has 3 aromatic heterocycles. The van der Waals surface area contributed by atoms with Crippen LogP contribution in [0.25, 0.3) is 22.3 Å². The van der Waals surface area contributed by atoms with Crippen molar-refractivity contribution >= 4 is 28.4 Å². The molecule has 0 bridgehead atoms. The number of rotatable bonds is 5. The van der Waals surface area contributed by atoms with Crippen molar-refractivity contribution < 1.29 is 4.74 Å². The summed E-state index contributed by atoms with van der Waals surface area (Å²) in [5.74, 6) is 2.55. The second-order valence-corrected chi connectivity index (χ2v) is 9.61. The maximum absolute atomic E-state index is 9.71. The third-order valence-electron chi connectivity index (χ3n) is 7.09. The van der Waals surface area contributed by atoms with E-state index < -0.39 is 5.41 Å². The van der Waals surface area contributed by atoms with Crippen molar-refractivity contribution in [3.63, 3.8) is 0 Å². The van der Waals surface area contributed by atoms with Gasteiger partial charge in [0, 0.05) is 36.4 Å². The van der Waals surface area contributed by atoms with E-state index in [0.29, 0.717) is 18.2 Å². The van der Waals surface area contributed by atoms with Gasteiger partial charge in [-0.25, -0.2) is 15.0 Å². The maximum atomic E-state index is 9.71. The fraction of sp³-hybridized carbons (Fsp3) is 0.360. The first kappa shape index (κ1) is 22.5. The Bertz CT molecular complexity index is 1490. The minimum absolute atomic E-state index is 0.382. The standard InChI is InChI=1S/C25H27N9O/c1-15-9-17-11-27-23(31-20(17)22(29-15)34-13-25(4,12-26)24(34,2)3)30-18-8-7-16(10-19(18)35-6)21-32-28-14-33(21)5/h7-11,14H,13H2,1-6H3,(H,27,30,31). The summed E-state index contributed by atoms with van der Waals surface area (Å²) in [6.07, 6.45) is 3.45. The van der Waals surface area contributed by atoms with Crippen LogP contribution in [0.5, 0.6) is 5.75 Å². The van der Waals surface area contributed by atoms with Crippen LogP contribution in [-0.4, -0.2) is 48.9 Å². The Morgan fingerprint density at radius 2 is 1.97 bits per heavy atom. The molecule has 1 aromatic carbocycles. The lowest BCUT2D eigenvalue weighted by Crippen LogP contribution is -2.70. The second-order valence-electron chi connectivity index (χ2n) is 9.61. The van der Waals surface area contributed by atoms with E-state index in [1.165, 1.54) is 0 Å². The van der Waals surface area contributed by atoms with Gasteiger partial charge in [0.1, 0.15) is 17.6 Å². The topological polar surface area (TPSA) is 118 Å². The highest BCUT2D eigenvalue weighted by Crippen LogP contribution is 2.49. The Morgan fingerprint density at radius 3 is 2.63 bits per heavy atom. The first-order chi connectivity index (χ1) is 16.7. The zero-order valence-electron chi connectivity index (χ0n) is 20.7. The summed E-state index contributed by atoms with van der Waals surface area (Å²) in [6.45, 7) is 8.67. The molecule has 35 heavy (non-hydrogen) atoms. The van der Waals surface area contributed by atoms with E-state index in [4.69, 9.17) is 14.7 Å². The van der Waals surface area contributed by atoms with Crippen molar-refractivity contribution in [2.24, 2.45) is 12.5 Å². The molecule has 0 saturated carbocycles. The van der Waals surface area contributed by atoms with Gasteiger partial charge < -0.3 is 19.5 Å². The number of hydrogen-bond acceptors (Lipinski definition) is 9. The molecule has 0 amide bonds. The molecule has 178 valence electrons. The van der Waals surface area contributed by atoms with Crippen LogP contribution in [0.3, 0.4) is 0 Å². The van der Waals surface area contributed by atoms with Gasteiger partial charge in [-0.1, -0.05) is 0 Å². The number of nitrogens with one attached hydrogen (secondary N) is 1. The van der Waals surface area contributed by atoms with Crippen LogP contribution in [0.15, 0.2) is 36.8 Å². The number of aromatic nitrogens is 6. The molecule has 4 heterocycles. The zero-order valence-corrected chi connectivity index (χ0v) is 20.7. The number of nitriles is 1. The van der Waals surface area contributed by atoms with Crippen molar-refractivity contribution in [3.05, 3.63) is 42.5 Å². The number of methoxy groups -OCH3 is 1. The smallest absolute Gasteiger partial charge is 0.227 e. The van der Waals surface area contributed by atoms with Crippen LogP contribution in [0, 0.1) is 23.7 Å². The lowest BCUT2D eigenvalue weighted by Gasteiger charge is -2.59. The molecule has 1 fully saturated rings. The van der Waals surface area contributed by atoms with E-state index in [-0.39, 0.29) is 5.54 Å². The molecule has 0 spiro atoms. The number of nitrogens with zero attached hydrogens (tertiary/aromatic N) is 8. The SMILES string of the molecule is COc1cc(-c2nncn2C)ccc1Nc1ncc2cc(C)nc(N3CC(C)(C#N)C3(C)C)c2n1. The number of aryl methyl sites for hydroxylation is 2. The Balaban J connectivity index is 1.52. The van der Waals surface area contributed by atoms with Gasteiger partial charge in [0.2, 0.25) is 5.95 Å². The molecule has 4 aromatic rings. The Morgan fingerprint density at radius 1 is 1.17 bits per heavy atom. The van der Waals surface area contributed by atoms with Crippen molar-refractivity contribution in [2.75, 3.05) is 23.9 Å². The van der Waals surface area contributed by atoms with E-state index in [0.717, 1.165) is 39.5 Å². The van der Waals surface area contributed by atoms with Crippen LogP contribution in [0.1, 0.15) is 26.5 Å². The predicted octanol–water partition coefficient (Wildman–Crippen LogP) is 4.01.